The molecule has 0 spiro atoms. The summed E-state index contributed by atoms with van der Waals surface area (Å²) in [7, 11) is -9.93. The fourth-order valence-electron chi connectivity index (χ4n) is 13.0. The minimum atomic E-state index is -4.96. The van der Waals surface area contributed by atoms with E-state index in [0.717, 1.165) is 102 Å². The van der Waals surface area contributed by atoms with Gasteiger partial charge in [-0.2, -0.15) is 0 Å². The van der Waals surface area contributed by atoms with Crippen LogP contribution in [0.25, 0.3) is 0 Å². The van der Waals surface area contributed by atoms with Crippen LogP contribution in [0.4, 0.5) is 0 Å². The minimum Gasteiger partial charge on any atom is -0.462 e. The zero-order chi connectivity index (χ0) is 75.6. The van der Waals surface area contributed by atoms with Gasteiger partial charge in [-0.3, -0.25) is 37.3 Å². The van der Waals surface area contributed by atoms with E-state index in [-0.39, 0.29) is 25.7 Å². The number of rotatable bonds is 83. The number of aliphatic hydroxyl groups is 1. The predicted molar refractivity (Wildman–Crippen MR) is 423 cm³/mol. The number of hydrogen-bond acceptors (Lipinski definition) is 15. The van der Waals surface area contributed by atoms with E-state index in [9.17, 15) is 43.2 Å². The van der Waals surface area contributed by atoms with Crippen molar-refractivity contribution in [3.63, 3.8) is 0 Å². The van der Waals surface area contributed by atoms with Crippen LogP contribution in [0.5, 0.6) is 0 Å². The van der Waals surface area contributed by atoms with Crippen molar-refractivity contribution in [3.8, 4) is 0 Å². The number of carbonyl (C=O) groups excluding carboxylic acids is 4. The van der Waals surface area contributed by atoms with Crippen molar-refractivity contribution in [2.75, 3.05) is 39.6 Å². The zero-order valence-corrected chi connectivity index (χ0v) is 69.4. The first-order chi connectivity index (χ1) is 49.9. The lowest BCUT2D eigenvalue weighted by molar-refractivity contribution is -0.161. The molecule has 0 radical (unpaired) electrons. The second-order valence-corrected chi connectivity index (χ2v) is 33.8. The van der Waals surface area contributed by atoms with Gasteiger partial charge in [-0.15, -0.1) is 0 Å². The smallest absolute Gasteiger partial charge is 0.462 e. The molecular formula is C84H164O17P2. The summed E-state index contributed by atoms with van der Waals surface area (Å²) in [6.45, 7) is 9.67. The van der Waals surface area contributed by atoms with Gasteiger partial charge in [0.15, 0.2) is 12.2 Å². The molecule has 3 unspecified atom stereocenters. The van der Waals surface area contributed by atoms with Crippen LogP contribution in [-0.4, -0.2) is 96.7 Å². The summed E-state index contributed by atoms with van der Waals surface area (Å²) in [5.74, 6) is -0.550. The Morgan fingerprint density at radius 1 is 0.282 bits per heavy atom. The van der Waals surface area contributed by atoms with Crippen LogP contribution in [0, 0.1) is 11.8 Å². The van der Waals surface area contributed by atoms with Crippen molar-refractivity contribution < 1.29 is 80.2 Å². The number of esters is 4. The van der Waals surface area contributed by atoms with Crippen molar-refractivity contribution in [2.45, 2.75) is 464 Å². The normalized spacial score (nSPS) is 14.1. The number of unbranched alkanes of at least 4 members (excludes halogenated alkanes) is 52. The second-order valence-electron chi connectivity index (χ2n) is 30.9. The van der Waals surface area contributed by atoms with E-state index in [2.05, 4.69) is 41.5 Å². The quantitative estimate of drug-likeness (QED) is 0.0222. The van der Waals surface area contributed by atoms with Crippen molar-refractivity contribution in [3.05, 3.63) is 0 Å². The molecule has 17 nitrogen and oxygen atoms in total. The van der Waals surface area contributed by atoms with E-state index in [0.29, 0.717) is 25.7 Å². The first kappa shape index (κ1) is 101. The maximum absolute atomic E-state index is 13.1. The number of carbonyl (C=O) groups is 4. The highest BCUT2D eigenvalue weighted by Gasteiger charge is 2.30. The van der Waals surface area contributed by atoms with Gasteiger partial charge in [0.2, 0.25) is 0 Å². The first-order valence-electron chi connectivity index (χ1n) is 43.5. The summed E-state index contributed by atoms with van der Waals surface area (Å²) < 4.78 is 68.9. The molecule has 0 bridgehead atoms. The summed E-state index contributed by atoms with van der Waals surface area (Å²) in [6, 6.07) is 0. The summed E-state index contributed by atoms with van der Waals surface area (Å²) >= 11 is 0. The molecule has 0 aliphatic heterocycles. The molecule has 0 saturated carbocycles. The van der Waals surface area contributed by atoms with Crippen LogP contribution in [0.3, 0.4) is 0 Å². The van der Waals surface area contributed by atoms with Crippen LogP contribution in [-0.2, 0) is 65.4 Å². The van der Waals surface area contributed by atoms with Gasteiger partial charge in [0.1, 0.15) is 19.3 Å². The van der Waals surface area contributed by atoms with Crippen molar-refractivity contribution >= 4 is 39.5 Å². The molecule has 0 heterocycles. The zero-order valence-electron chi connectivity index (χ0n) is 67.6. The van der Waals surface area contributed by atoms with Gasteiger partial charge in [-0.05, 0) is 37.5 Å². The highest BCUT2D eigenvalue weighted by Crippen LogP contribution is 2.45. The van der Waals surface area contributed by atoms with Crippen LogP contribution < -0.4 is 0 Å². The molecule has 0 fully saturated rings. The number of phosphoric acid groups is 2. The Morgan fingerprint density at radius 2 is 0.495 bits per heavy atom. The molecule has 3 N–H and O–H groups in total. The van der Waals surface area contributed by atoms with Gasteiger partial charge < -0.3 is 33.8 Å². The Hall–Kier alpha value is -1.94. The SMILES string of the molecule is CCCCCCCCCCCCCCCCCCCCC(=O)OC[C@H](COP(=O)(O)OC[C@@H](O)COP(=O)(O)OC[C@@H](COC(=O)CCCCCCCCCCC(C)CC)OC(=O)CCCCCCCCCCCCCCC(C)C)OC(=O)CCCCCCCCCCCCCCCCCCCC. The molecule has 0 aliphatic rings. The monoisotopic (exact) mass is 1510 g/mol. The maximum atomic E-state index is 13.1. The minimum absolute atomic E-state index is 0.107. The molecule has 0 aromatic carbocycles. The van der Waals surface area contributed by atoms with E-state index in [1.807, 2.05) is 0 Å². The molecule has 6 atom stereocenters. The van der Waals surface area contributed by atoms with Crippen LogP contribution >= 0.6 is 15.6 Å². The van der Waals surface area contributed by atoms with E-state index in [4.69, 9.17) is 37.0 Å². The lowest BCUT2D eigenvalue weighted by atomic mass is 9.99. The summed E-state index contributed by atoms with van der Waals surface area (Å²) in [4.78, 5) is 73.2. The number of aliphatic hydroxyl groups excluding tert-OH is 1. The average Bonchev–Trinajstić information content (AvgIpc) is 0.908. The van der Waals surface area contributed by atoms with E-state index < -0.39 is 97.5 Å². The fourth-order valence-corrected chi connectivity index (χ4v) is 14.6. The van der Waals surface area contributed by atoms with Gasteiger partial charge in [0.25, 0.3) is 0 Å². The second kappa shape index (κ2) is 75.5. The van der Waals surface area contributed by atoms with Crippen molar-refractivity contribution in [2.24, 2.45) is 11.8 Å². The molecule has 0 aromatic rings. The molecule has 0 amide bonds. The Kier molecular flexibility index (Phi) is 74.1. The molecule has 0 aliphatic carbocycles. The lowest BCUT2D eigenvalue weighted by Crippen LogP contribution is -2.30. The van der Waals surface area contributed by atoms with E-state index >= 15 is 0 Å². The molecule has 0 rings (SSSR count). The number of hydrogen-bond donors (Lipinski definition) is 3. The summed E-state index contributed by atoms with van der Waals surface area (Å²) in [5, 5.41) is 10.7. The molecule has 103 heavy (non-hydrogen) atoms. The topological polar surface area (TPSA) is 237 Å². The van der Waals surface area contributed by atoms with Gasteiger partial charge in [0, 0.05) is 25.7 Å². The van der Waals surface area contributed by atoms with Crippen molar-refractivity contribution in [1.29, 1.82) is 0 Å². The van der Waals surface area contributed by atoms with Crippen molar-refractivity contribution in [1.82, 2.24) is 0 Å². The highest BCUT2D eigenvalue weighted by atomic mass is 31.2. The Labute approximate surface area is 632 Å². The third-order valence-electron chi connectivity index (χ3n) is 20.1. The van der Waals surface area contributed by atoms with Crippen LogP contribution in [0.1, 0.15) is 446 Å². The predicted octanol–water partition coefficient (Wildman–Crippen LogP) is 25.5. The average molecular weight is 1510 g/mol. The third kappa shape index (κ3) is 76.6. The number of phosphoric ester groups is 2. The summed E-state index contributed by atoms with van der Waals surface area (Å²) in [5.41, 5.74) is 0. The Morgan fingerprint density at radius 3 is 0.738 bits per heavy atom. The fraction of sp³-hybridized carbons (Fsp3) is 0.952. The van der Waals surface area contributed by atoms with Gasteiger partial charge in [-0.1, -0.05) is 395 Å². The van der Waals surface area contributed by atoms with Crippen LogP contribution in [0.15, 0.2) is 0 Å². The molecule has 612 valence electrons. The van der Waals surface area contributed by atoms with Crippen LogP contribution in [0.2, 0.25) is 0 Å². The van der Waals surface area contributed by atoms with Gasteiger partial charge in [-0.25, -0.2) is 9.13 Å². The van der Waals surface area contributed by atoms with Gasteiger partial charge >= 0.3 is 39.5 Å². The molecule has 0 aromatic heterocycles. The number of ether oxygens (including phenoxy) is 4. The van der Waals surface area contributed by atoms with E-state index in [1.54, 1.807) is 0 Å². The maximum Gasteiger partial charge on any atom is 0.472 e. The third-order valence-corrected chi connectivity index (χ3v) is 22.0. The first-order valence-corrected chi connectivity index (χ1v) is 46.5. The molecule has 19 heteroatoms. The lowest BCUT2D eigenvalue weighted by Gasteiger charge is -2.21. The van der Waals surface area contributed by atoms with Gasteiger partial charge in [0.05, 0.1) is 26.4 Å². The van der Waals surface area contributed by atoms with E-state index in [1.165, 1.54) is 263 Å². The Bertz CT molecular complexity index is 1980. The Balaban J connectivity index is 5.26. The largest absolute Gasteiger partial charge is 0.472 e. The summed E-state index contributed by atoms with van der Waals surface area (Å²) in [6.07, 6.45) is 66.5. The standard InChI is InChI=1S/C84H164O17P2/c1-7-10-12-14-16-18-20-22-24-26-28-30-32-37-41-48-54-60-66-81(86)94-72-79(100-83(88)68-62-56-50-42-38-33-31-29-27-25-23-21-19-17-15-13-11-8-2)74-98-102(90,91)96-70-78(85)71-97-103(92,93)99-75-80(73-95-82(87)67-61-55-49-45-44-47-53-59-65-77(6)9-3)101-84(89)69-63-57-51-43-39-35-34-36-40-46-52-58-64-76(4)5/h76-80,85H,7-75H2,1-6H3,(H,90,91)(H,92,93)/t77?,78-,79-,80-/m1/s1. The molecule has 0 saturated heterocycles. The highest BCUT2D eigenvalue weighted by molar-refractivity contribution is 7.47. The molecular weight excluding hydrogens is 1340 g/mol.